The Morgan fingerprint density at radius 2 is 2.00 bits per heavy atom. The highest BCUT2D eigenvalue weighted by atomic mass is 19.1. The van der Waals surface area contributed by atoms with E-state index in [2.05, 4.69) is 4.74 Å². The zero-order chi connectivity index (χ0) is 12.6. The van der Waals surface area contributed by atoms with Crippen molar-refractivity contribution in [3.05, 3.63) is 0 Å². The van der Waals surface area contributed by atoms with E-state index in [1.54, 1.807) is 27.7 Å². The number of halogens is 1. The lowest BCUT2D eigenvalue weighted by Crippen LogP contribution is -2.30. The Hall–Kier alpha value is -1.13. The number of carbonyl (C=O) groups is 2. The van der Waals surface area contributed by atoms with Crippen LogP contribution in [0.4, 0.5) is 4.39 Å². The second-order valence-electron chi connectivity index (χ2n) is 4.87. The van der Waals surface area contributed by atoms with Gasteiger partial charge in [-0.25, -0.2) is 9.18 Å². The summed E-state index contributed by atoms with van der Waals surface area (Å²) in [6.07, 6.45) is -0.138. The Bertz CT molecular complexity index is 308. The average molecular weight is 232 g/mol. The monoisotopic (exact) mass is 232 g/mol. The molecule has 2 atom stereocenters. The molecule has 0 radical (unpaired) electrons. The molecule has 0 aromatic rings. The number of hydrogen-bond donors (Lipinski definition) is 0. The third-order valence-electron chi connectivity index (χ3n) is 2.20. The second-order valence-corrected chi connectivity index (χ2v) is 4.87. The molecule has 0 amide bonds. The minimum Gasteiger partial charge on any atom is -0.464 e. The van der Waals surface area contributed by atoms with Gasteiger partial charge < -0.3 is 9.47 Å². The molecular formula is C11H17FO4. The number of alkyl halides is 1. The van der Waals surface area contributed by atoms with Gasteiger partial charge in [0, 0.05) is 6.42 Å². The van der Waals surface area contributed by atoms with Crippen LogP contribution in [0.1, 0.15) is 34.1 Å². The van der Waals surface area contributed by atoms with Gasteiger partial charge in [-0.1, -0.05) is 0 Å². The number of carbonyl (C=O) groups excluding carboxylic acids is 2. The van der Waals surface area contributed by atoms with Crippen LogP contribution in [0.15, 0.2) is 0 Å². The van der Waals surface area contributed by atoms with Crippen molar-refractivity contribution >= 4 is 11.9 Å². The summed E-state index contributed by atoms with van der Waals surface area (Å²) < 4.78 is 23.4. The molecule has 0 aromatic carbocycles. The molecule has 4 nitrogen and oxygen atoms in total. The van der Waals surface area contributed by atoms with E-state index >= 15 is 0 Å². The summed E-state index contributed by atoms with van der Waals surface area (Å²) in [4.78, 5) is 22.7. The predicted molar refractivity (Wildman–Crippen MR) is 54.4 cm³/mol. The van der Waals surface area contributed by atoms with Crippen LogP contribution in [0.3, 0.4) is 0 Å². The number of hydrogen-bond acceptors (Lipinski definition) is 4. The molecule has 1 fully saturated rings. The van der Waals surface area contributed by atoms with Gasteiger partial charge in [-0.2, -0.15) is 0 Å². The quantitative estimate of drug-likeness (QED) is 0.694. The van der Waals surface area contributed by atoms with E-state index in [1.807, 2.05) is 0 Å². The first kappa shape index (κ1) is 12.9. The fourth-order valence-corrected chi connectivity index (χ4v) is 1.36. The van der Waals surface area contributed by atoms with Gasteiger partial charge in [-0.05, 0) is 27.7 Å². The van der Waals surface area contributed by atoms with Gasteiger partial charge >= 0.3 is 11.9 Å². The first-order valence-corrected chi connectivity index (χ1v) is 5.29. The molecule has 0 spiro atoms. The zero-order valence-corrected chi connectivity index (χ0v) is 10.0. The Balaban J connectivity index is 2.55. The molecular weight excluding hydrogens is 215 g/mol. The number of ether oxygens (including phenoxy) is 2. The van der Waals surface area contributed by atoms with Crippen molar-refractivity contribution in [1.29, 1.82) is 0 Å². The van der Waals surface area contributed by atoms with E-state index in [-0.39, 0.29) is 13.0 Å². The SMILES string of the molecule is CCOC(=O)C1(F)CC1C(=O)OC(C)(C)C. The lowest BCUT2D eigenvalue weighted by molar-refractivity contribution is -0.162. The van der Waals surface area contributed by atoms with Crippen LogP contribution in [0.2, 0.25) is 0 Å². The molecule has 1 rings (SSSR count). The average Bonchev–Trinajstić information content (AvgIpc) is 2.77. The third kappa shape index (κ3) is 2.71. The molecule has 1 aliphatic carbocycles. The van der Waals surface area contributed by atoms with Crippen molar-refractivity contribution in [2.45, 2.75) is 45.4 Å². The molecule has 2 unspecified atom stereocenters. The van der Waals surface area contributed by atoms with Gasteiger partial charge in [0.1, 0.15) is 11.5 Å². The number of rotatable bonds is 3. The summed E-state index contributed by atoms with van der Waals surface area (Å²) in [5, 5.41) is 0. The zero-order valence-electron chi connectivity index (χ0n) is 10.0. The highest BCUT2D eigenvalue weighted by Gasteiger charge is 2.67. The fourth-order valence-electron chi connectivity index (χ4n) is 1.36. The summed E-state index contributed by atoms with van der Waals surface area (Å²) >= 11 is 0. The molecule has 0 heterocycles. The molecule has 92 valence electrons. The highest BCUT2D eigenvalue weighted by Crippen LogP contribution is 2.49. The molecule has 16 heavy (non-hydrogen) atoms. The highest BCUT2D eigenvalue weighted by molar-refractivity contribution is 5.93. The van der Waals surface area contributed by atoms with Crippen LogP contribution in [0.25, 0.3) is 0 Å². The van der Waals surface area contributed by atoms with Gasteiger partial charge in [-0.15, -0.1) is 0 Å². The standard InChI is InChI=1S/C11H17FO4/c1-5-15-9(14)11(12)6-7(11)8(13)16-10(2,3)4/h7H,5-6H2,1-4H3. The fraction of sp³-hybridized carbons (Fsp3) is 0.818. The molecule has 1 aliphatic rings. The van der Waals surface area contributed by atoms with E-state index in [0.717, 1.165) is 0 Å². The molecule has 0 saturated heterocycles. The van der Waals surface area contributed by atoms with Crippen molar-refractivity contribution in [3.63, 3.8) is 0 Å². The Labute approximate surface area is 94.1 Å². The normalized spacial score (nSPS) is 28.4. The summed E-state index contributed by atoms with van der Waals surface area (Å²) in [5.41, 5.74) is -2.84. The van der Waals surface area contributed by atoms with E-state index < -0.39 is 29.1 Å². The Morgan fingerprint density at radius 1 is 1.44 bits per heavy atom. The van der Waals surface area contributed by atoms with Crippen molar-refractivity contribution in [3.8, 4) is 0 Å². The third-order valence-corrected chi connectivity index (χ3v) is 2.20. The maximum Gasteiger partial charge on any atom is 0.344 e. The van der Waals surface area contributed by atoms with Gasteiger partial charge in [0.2, 0.25) is 5.67 Å². The maximum absolute atomic E-state index is 13.8. The van der Waals surface area contributed by atoms with Crippen LogP contribution in [0.5, 0.6) is 0 Å². The van der Waals surface area contributed by atoms with E-state index in [1.165, 1.54) is 0 Å². The van der Waals surface area contributed by atoms with Crippen LogP contribution in [0, 0.1) is 5.92 Å². The van der Waals surface area contributed by atoms with Crippen molar-refractivity contribution in [2.24, 2.45) is 5.92 Å². The van der Waals surface area contributed by atoms with Crippen molar-refractivity contribution in [1.82, 2.24) is 0 Å². The molecule has 0 aliphatic heterocycles. The van der Waals surface area contributed by atoms with Crippen LogP contribution >= 0.6 is 0 Å². The molecule has 0 aromatic heterocycles. The lowest BCUT2D eigenvalue weighted by Gasteiger charge is -2.19. The minimum absolute atomic E-state index is 0.103. The van der Waals surface area contributed by atoms with E-state index in [4.69, 9.17) is 4.74 Å². The van der Waals surface area contributed by atoms with Crippen molar-refractivity contribution < 1.29 is 23.5 Å². The largest absolute Gasteiger partial charge is 0.464 e. The summed E-state index contributed by atoms with van der Waals surface area (Å²) in [5.74, 6) is -2.65. The van der Waals surface area contributed by atoms with Crippen molar-refractivity contribution in [2.75, 3.05) is 6.61 Å². The maximum atomic E-state index is 13.8. The van der Waals surface area contributed by atoms with Gasteiger partial charge in [0.05, 0.1) is 6.61 Å². The predicted octanol–water partition coefficient (Wildman–Crippen LogP) is 1.62. The second kappa shape index (κ2) is 4.03. The molecule has 0 bridgehead atoms. The van der Waals surface area contributed by atoms with Crippen LogP contribution < -0.4 is 0 Å². The first-order valence-electron chi connectivity index (χ1n) is 5.29. The Kier molecular flexibility index (Phi) is 3.26. The molecule has 1 saturated carbocycles. The van der Waals surface area contributed by atoms with Gasteiger partial charge in [0.25, 0.3) is 0 Å². The Morgan fingerprint density at radius 3 is 2.44 bits per heavy atom. The van der Waals surface area contributed by atoms with Crippen LogP contribution in [-0.4, -0.2) is 29.8 Å². The first-order chi connectivity index (χ1) is 7.20. The smallest absolute Gasteiger partial charge is 0.344 e. The number of esters is 2. The summed E-state index contributed by atoms with van der Waals surface area (Å²) in [6.45, 7) is 6.77. The van der Waals surface area contributed by atoms with E-state index in [9.17, 15) is 14.0 Å². The van der Waals surface area contributed by atoms with Gasteiger partial charge in [0.15, 0.2) is 0 Å². The topological polar surface area (TPSA) is 52.6 Å². The van der Waals surface area contributed by atoms with E-state index in [0.29, 0.717) is 0 Å². The minimum atomic E-state index is -2.17. The lowest BCUT2D eigenvalue weighted by atomic mass is 10.2. The summed E-state index contributed by atoms with van der Waals surface area (Å²) in [6, 6.07) is 0. The molecule has 0 N–H and O–H groups in total. The summed E-state index contributed by atoms with van der Waals surface area (Å²) in [7, 11) is 0. The molecule has 5 heteroatoms. The van der Waals surface area contributed by atoms with Gasteiger partial charge in [-0.3, -0.25) is 4.79 Å². The van der Waals surface area contributed by atoms with Crippen LogP contribution in [-0.2, 0) is 19.1 Å².